The van der Waals surface area contributed by atoms with Gasteiger partial charge in [-0.25, -0.2) is 0 Å². The molecule has 1 unspecified atom stereocenters. The van der Waals surface area contributed by atoms with Crippen molar-refractivity contribution in [1.82, 2.24) is 0 Å². The second kappa shape index (κ2) is 5.77. The minimum absolute atomic E-state index is 0.160. The predicted molar refractivity (Wildman–Crippen MR) is 88.2 cm³/mol. The van der Waals surface area contributed by atoms with Crippen LogP contribution in [0.15, 0.2) is 24.3 Å². The van der Waals surface area contributed by atoms with Crippen molar-refractivity contribution in [2.75, 3.05) is 0 Å². The lowest BCUT2D eigenvalue weighted by Crippen LogP contribution is -1.96. The van der Waals surface area contributed by atoms with Gasteiger partial charge in [0.2, 0.25) is 0 Å². The van der Waals surface area contributed by atoms with E-state index in [9.17, 15) is 0 Å². The molecule has 0 amide bonds. The normalized spacial score (nSPS) is 16.2. The van der Waals surface area contributed by atoms with Crippen LogP contribution >= 0.6 is 50.5 Å². The molecule has 1 aliphatic rings. The molecule has 0 spiro atoms. The highest BCUT2D eigenvalue weighted by Crippen LogP contribution is 2.42. The second-order valence-electron chi connectivity index (χ2n) is 4.83. The Kier molecular flexibility index (Phi) is 4.23. The van der Waals surface area contributed by atoms with Gasteiger partial charge >= 0.3 is 0 Å². The van der Waals surface area contributed by atoms with Crippen molar-refractivity contribution in [3.05, 3.63) is 55.2 Å². The van der Waals surface area contributed by atoms with Gasteiger partial charge in [0.15, 0.2) is 0 Å². The van der Waals surface area contributed by atoms with Gasteiger partial charge in [-0.2, -0.15) is 0 Å². The zero-order valence-corrected chi connectivity index (χ0v) is 14.2. The SMILES string of the molecule is Clc1ccc(C(Br)c2cc3c(s2)CCCC3)c(Cl)c1. The van der Waals surface area contributed by atoms with Crippen LogP contribution < -0.4 is 0 Å². The molecule has 1 heterocycles. The van der Waals surface area contributed by atoms with E-state index in [1.807, 2.05) is 23.5 Å². The van der Waals surface area contributed by atoms with Gasteiger partial charge in [-0.1, -0.05) is 45.2 Å². The van der Waals surface area contributed by atoms with Gasteiger partial charge in [0.25, 0.3) is 0 Å². The lowest BCUT2D eigenvalue weighted by Gasteiger charge is -2.10. The topological polar surface area (TPSA) is 0 Å². The Labute approximate surface area is 135 Å². The van der Waals surface area contributed by atoms with Gasteiger partial charge < -0.3 is 0 Å². The van der Waals surface area contributed by atoms with Gasteiger partial charge in [-0.3, -0.25) is 0 Å². The summed E-state index contributed by atoms with van der Waals surface area (Å²) in [4.78, 5) is 3.06. The van der Waals surface area contributed by atoms with Gasteiger partial charge in [0.05, 0.1) is 4.83 Å². The van der Waals surface area contributed by atoms with Crippen LogP contribution in [0.2, 0.25) is 10.0 Å². The van der Waals surface area contributed by atoms with Crippen molar-refractivity contribution in [1.29, 1.82) is 0 Å². The predicted octanol–water partition coefficient (Wildman–Crippen LogP) is 6.42. The molecule has 19 heavy (non-hydrogen) atoms. The third-order valence-electron chi connectivity index (χ3n) is 3.50. The number of aryl methyl sites for hydroxylation is 2. The third kappa shape index (κ3) is 2.87. The number of halogens is 3. The van der Waals surface area contributed by atoms with Crippen molar-refractivity contribution in [3.8, 4) is 0 Å². The summed E-state index contributed by atoms with van der Waals surface area (Å²) in [5.41, 5.74) is 2.62. The Bertz CT molecular complexity index is 583. The number of hydrogen-bond acceptors (Lipinski definition) is 1. The minimum Gasteiger partial charge on any atom is -0.144 e. The van der Waals surface area contributed by atoms with E-state index in [0.717, 1.165) is 10.6 Å². The fourth-order valence-electron chi connectivity index (χ4n) is 2.50. The van der Waals surface area contributed by atoms with Gasteiger partial charge in [0.1, 0.15) is 0 Å². The van der Waals surface area contributed by atoms with E-state index >= 15 is 0 Å². The number of rotatable bonds is 2. The zero-order chi connectivity index (χ0) is 13.4. The van der Waals surface area contributed by atoms with Crippen molar-refractivity contribution in [2.24, 2.45) is 0 Å². The lowest BCUT2D eigenvalue weighted by atomic mass is 9.99. The summed E-state index contributed by atoms with van der Waals surface area (Å²) in [7, 11) is 0. The van der Waals surface area contributed by atoms with E-state index in [0.29, 0.717) is 5.02 Å². The van der Waals surface area contributed by atoms with E-state index in [2.05, 4.69) is 22.0 Å². The van der Waals surface area contributed by atoms with Crippen molar-refractivity contribution in [3.63, 3.8) is 0 Å². The molecule has 2 aromatic rings. The Balaban J connectivity index is 1.94. The highest BCUT2D eigenvalue weighted by molar-refractivity contribution is 9.09. The van der Waals surface area contributed by atoms with Crippen LogP contribution in [0.25, 0.3) is 0 Å². The van der Waals surface area contributed by atoms with Crippen LogP contribution in [-0.4, -0.2) is 0 Å². The standard InChI is InChI=1S/C15H13BrCl2S/c16-15(11-6-5-10(17)8-12(11)18)14-7-9-3-1-2-4-13(9)19-14/h5-8,15H,1-4H2. The summed E-state index contributed by atoms with van der Waals surface area (Å²) >= 11 is 17.9. The van der Waals surface area contributed by atoms with Gasteiger partial charge in [-0.05, 0) is 55.0 Å². The summed E-state index contributed by atoms with van der Waals surface area (Å²) in [5, 5.41) is 1.40. The molecule has 3 rings (SSSR count). The van der Waals surface area contributed by atoms with Crippen molar-refractivity contribution < 1.29 is 0 Å². The largest absolute Gasteiger partial charge is 0.144 e. The van der Waals surface area contributed by atoms with E-state index in [1.54, 1.807) is 10.9 Å². The summed E-state index contributed by atoms with van der Waals surface area (Å²) in [5.74, 6) is 0. The molecule has 0 radical (unpaired) electrons. The van der Waals surface area contributed by atoms with E-state index < -0.39 is 0 Å². The first kappa shape index (κ1) is 13.9. The first-order valence-corrected chi connectivity index (χ1v) is 8.84. The fourth-order valence-corrected chi connectivity index (χ4v) is 5.21. The van der Waals surface area contributed by atoms with Crippen LogP contribution in [0.4, 0.5) is 0 Å². The van der Waals surface area contributed by atoms with Crippen LogP contribution in [0, 0.1) is 0 Å². The molecule has 0 N–H and O–H groups in total. The van der Waals surface area contributed by atoms with Crippen molar-refractivity contribution in [2.45, 2.75) is 30.5 Å². The molecule has 4 heteroatoms. The molecule has 0 saturated heterocycles. The van der Waals surface area contributed by atoms with Gasteiger partial charge in [0, 0.05) is 19.8 Å². The molecule has 0 nitrogen and oxygen atoms in total. The van der Waals surface area contributed by atoms with Crippen LogP contribution in [0.1, 0.15) is 38.6 Å². The highest BCUT2D eigenvalue weighted by atomic mass is 79.9. The molecule has 0 aliphatic heterocycles. The molecule has 0 saturated carbocycles. The quantitative estimate of drug-likeness (QED) is 0.531. The Morgan fingerprint density at radius 1 is 1.11 bits per heavy atom. The highest BCUT2D eigenvalue weighted by Gasteiger charge is 2.20. The summed E-state index contributed by atoms with van der Waals surface area (Å²) in [6, 6.07) is 8.04. The Morgan fingerprint density at radius 2 is 1.89 bits per heavy atom. The number of benzene rings is 1. The lowest BCUT2D eigenvalue weighted by molar-refractivity contribution is 0.697. The summed E-state index contributed by atoms with van der Waals surface area (Å²) in [6.07, 6.45) is 5.09. The third-order valence-corrected chi connectivity index (χ3v) is 6.65. The number of thiophene rings is 1. The van der Waals surface area contributed by atoms with Crippen LogP contribution in [0.5, 0.6) is 0 Å². The summed E-state index contributed by atoms with van der Waals surface area (Å²) < 4.78 is 0. The Hall–Kier alpha value is -0.0200. The van der Waals surface area contributed by atoms with E-state index in [1.165, 1.54) is 36.1 Å². The average Bonchev–Trinajstić information content (AvgIpc) is 2.81. The number of fused-ring (bicyclic) bond motifs is 1. The molecule has 0 bridgehead atoms. The van der Waals surface area contributed by atoms with Crippen molar-refractivity contribution >= 4 is 50.5 Å². The molecule has 1 aromatic heterocycles. The number of hydrogen-bond donors (Lipinski definition) is 0. The molecule has 100 valence electrons. The summed E-state index contributed by atoms with van der Waals surface area (Å²) in [6.45, 7) is 0. The van der Waals surface area contributed by atoms with E-state index in [4.69, 9.17) is 23.2 Å². The molecular weight excluding hydrogens is 363 g/mol. The van der Waals surface area contributed by atoms with Crippen LogP contribution in [-0.2, 0) is 12.8 Å². The zero-order valence-electron chi connectivity index (χ0n) is 10.3. The molecule has 0 fully saturated rings. The average molecular weight is 376 g/mol. The minimum atomic E-state index is 0.160. The molecule has 1 aliphatic carbocycles. The number of alkyl halides is 1. The second-order valence-corrected chi connectivity index (χ2v) is 7.76. The maximum Gasteiger partial charge on any atom is 0.0752 e. The smallest absolute Gasteiger partial charge is 0.0752 e. The first-order chi connectivity index (χ1) is 9.15. The van der Waals surface area contributed by atoms with E-state index in [-0.39, 0.29) is 4.83 Å². The monoisotopic (exact) mass is 374 g/mol. The van der Waals surface area contributed by atoms with Crippen LogP contribution in [0.3, 0.4) is 0 Å². The maximum atomic E-state index is 6.29. The maximum absolute atomic E-state index is 6.29. The Morgan fingerprint density at radius 3 is 2.63 bits per heavy atom. The first-order valence-electron chi connectivity index (χ1n) is 6.35. The molecule has 1 aromatic carbocycles. The molecule has 1 atom stereocenters. The fraction of sp³-hybridized carbons (Fsp3) is 0.333. The van der Waals surface area contributed by atoms with Gasteiger partial charge in [-0.15, -0.1) is 11.3 Å². The molecular formula is C15H13BrCl2S.